The molecule has 0 aromatic heterocycles. The van der Waals surface area contributed by atoms with Gasteiger partial charge < -0.3 is 5.11 Å². The molecule has 68 valence electrons. The van der Waals surface area contributed by atoms with E-state index in [1.165, 1.54) is 5.01 Å². The van der Waals surface area contributed by atoms with E-state index in [9.17, 15) is 9.70 Å². The van der Waals surface area contributed by atoms with E-state index in [2.05, 4.69) is 11.9 Å². The van der Waals surface area contributed by atoms with Crippen LogP contribution in [0.2, 0.25) is 0 Å². The molecule has 1 N–H and O–H groups in total. The largest absolute Gasteiger partial charge is 0.481 e. The summed E-state index contributed by atoms with van der Waals surface area (Å²) in [4.78, 5) is 20.1. The van der Waals surface area contributed by atoms with Crippen LogP contribution in [0.15, 0.2) is 17.9 Å². The fourth-order valence-electron chi connectivity index (χ4n) is 0.727. The van der Waals surface area contributed by atoms with E-state index in [0.717, 1.165) is 0 Å². The summed E-state index contributed by atoms with van der Waals surface area (Å²) in [6.45, 7) is 4.16. The van der Waals surface area contributed by atoms with Gasteiger partial charge in [-0.05, 0) is 6.42 Å². The summed E-state index contributed by atoms with van der Waals surface area (Å²) in [5.41, 5.74) is 0. The molecular formula is C7H12N2O3. The Balaban J connectivity index is 3.50. The van der Waals surface area contributed by atoms with Gasteiger partial charge in [-0.3, -0.25) is 9.80 Å². The van der Waals surface area contributed by atoms with Crippen molar-refractivity contribution in [3.8, 4) is 0 Å². The van der Waals surface area contributed by atoms with E-state index in [4.69, 9.17) is 5.11 Å². The molecule has 0 amide bonds. The van der Waals surface area contributed by atoms with Gasteiger partial charge in [0.25, 0.3) is 0 Å². The van der Waals surface area contributed by atoms with Gasteiger partial charge in [-0.2, -0.15) is 0 Å². The molecule has 12 heavy (non-hydrogen) atoms. The third kappa shape index (κ3) is 5.40. The Bertz CT molecular complexity index is 170. The second-order valence-electron chi connectivity index (χ2n) is 2.28. The lowest BCUT2D eigenvalue weighted by Crippen LogP contribution is -2.18. The van der Waals surface area contributed by atoms with Crippen LogP contribution in [0.5, 0.6) is 0 Å². The first kappa shape index (κ1) is 10.6. The molecule has 0 spiro atoms. The SMILES string of the molecule is C=CCN(CCCC(=O)O)N=O. The van der Waals surface area contributed by atoms with Crippen LogP contribution in [0.25, 0.3) is 0 Å². The molecule has 0 heterocycles. The van der Waals surface area contributed by atoms with Crippen molar-refractivity contribution >= 4 is 5.97 Å². The van der Waals surface area contributed by atoms with Crippen LogP contribution in [-0.2, 0) is 4.79 Å². The van der Waals surface area contributed by atoms with Crippen LogP contribution in [0.1, 0.15) is 12.8 Å². The van der Waals surface area contributed by atoms with Crippen LogP contribution in [0.3, 0.4) is 0 Å². The van der Waals surface area contributed by atoms with Gasteiger partial charge in [0.15, 0.2) is 0 Å². The van der Waals surface area contributed by atoms with Gasteiger partial charge in [-0.15, -0.1) is 11.5 Å². The number of rotatable bonds is 7. The molecule has 0 saturated carbocycles. The van der Waals surface area contributed by atoms with E-state index in [-0.39, 0.29) is 6.42 Å². The summed E-state index contributed by atoms with van der Waals surface area (Å²) >= 11 is 0. The molecule has 0 aromatic carbocycles. The Morgan fingerprint density at radius 1 is 1.67 bits per heavy atom. The van der Waals surface area contributed by atoms with E-state index in [0.29, 0.717) is 19.5 Å². The van der Waals surface area contributed by atoms with Crippen LogP contribution in [-0.4, -0.2) is 29.2 Å². The highest BCUT2D eigenvalue weighted by Crippen LogP contribution is 1.95. The minimum absolute atomic E-state index is 0.0587. The Kier molecular flexibility index (Phi) is 5.60. The molecule has 5 heteroatoms. The number of nitrogens with zero attached hydrogens (tertiary/aromatic N) is 2. The summed E-state index contributed by atoms with van der Waals surface area (Å²) < 4.78 is 0. The maximum absolute atomic E-state index is 10.1. The summed E-state index contributed by atoms with van der Waals surface area (Å²) in [6, 6.07) is 0. The number of hydrogen-bond acceptors (Lipinski definition) is 3. The molecule has 0 rings (SSSR count). The Morgan fingerprint density at radius 3 is 2.75 bits per heavy atom. The molecule has 0 radical (unpaired) electrons. The molecule has 0 aliphatic carbocycles. The first-order chi connectivity index (χ1) is 5.70. The van der Waals surface area contributed by atoms with Crippen molar-refractivity contribution in [3.05, 3.63) is 17.6 Å². The average Bonchev–Trinajstić information content (AvgIpc) is 2.02. The van der Waals surface area contributed by atoms with Gasteiger partial charge in [0, 0.05) is 13.0 Å². The summed E-state index contributed by atoms with van der Waals surface area (Å²) in [5, 5.41) is 12.2. The third-order valence-corrected chi connectivity index (χ3v) is 1.26. The maximum Gasteiger partial charge on any atom is 0.303 e. The molecule has 0 unspecified atom stereocenters. The normalized spacial score (nSPS) is 9.00. The minimum Gasteiger partial charge on any atom is -0.481 e. The number of aliphatic carboxylic acids is 1. The third-order valence-electron chi connectivity index (χ3n) is 1.26. The summed E-state index contributed by atoms with van der Waals surface area (Å²) in [6.07, 6.45) is 2.03. The van der Waals surface area contributed by atoms with E-state index >= 15 is 0 Å². The molecule has 0 atom stereocenters. The fourth-order valence-corrected chi connectivity index (χ4v) is 0.727. The number of hydrogen-bond donors (Lipinski definition) is 1. The van der Waals surface area contributed by atoms with Crippen molar-refractivity contribution in [2.75, 3.05) is 13.1 Å². The van der Waals surface area contributed by atoms with Crippen molar-refractivity contribution in [2.45, 2.75) is 12.8 Å². The van der Waals surface area contributed by atoms with Crippen LogP contribution in [0, 0.1) is 4.91 Å². The lowest BCUT2D eigenvalue weighted by Gasteiger charge is -2.10. The van der Waals surface area contributed by atoms with E-state index in [1.807, 2.05) is 0 Å². The summed E-state index contributed by atoms with van der Waals surface area (Å²) in [7, 11) is 0. The molecule has 0 saturated heterocycles. The molecule has 0 aromatic rings. The number of carboxylic acid groups (broad SMARTS) is 1. The van der Waals surface area contributed by atoms with Gasteiger partial charge in [0.2, 0.25) is 0 Å². The van der Waals surface area contributed by atoms with Gasteiger partial charge in [-0.25, -0.2) is 0 Å². The minimum atomic E-state index is -0.862. The summed E-state index contributed by atoms with van der Waals surface area (Å²) in [5.74, 6) is -0.862. The van der Waals surface area contributed by atoms with Crippen LogP contribution >= 0.6 is 0 Å². The number of carboxylic acids is 1. The van der Waals surface area contributed by atoms with Crippen molar-refractivity contribution in [2.24, 2.45) is 5.29 Å². The first-order valence-electron chi connectivity index (χ1n) is 3.61. The lowest BCUT2D eigenvalue weighted by molar-refractivity contribution is -0.137. The quantitative estimate of drug-likeness (QED) is 0.353. The van der Waals surface area contributed by atoms with E-state index < -0.39 is 5.97 Å². The van der Waals surface area contributed by atoms with Gasteiger partial charge in [-0.1, -0.05) is 6.08 Å². The number of carbonyl (C=O) groups is 1. The standard InChI is InChI=1S/C7H12N2O3/c1-2-5-9(8-12)6-3-4-7(10)11/h2H,1,3-6H2,(H,10,11). The molecule has 5 nitrogen and oxygen atoms in total. The van der Waals surface area contributed by atoms with Crippen molar-refractivity contribution in [1.29, 1.82) is 0 Å². The fraction of sp³-hybridized carbons (Fsp3) is 0.571. The van der Waals surface area contributed by atoms with Gasteiger partial charge in [0.05, 0.1) is 11.8 Å². The monoisotopic (exact) mass is 172 g/mol. The smallest absolute Gasteiger partial charge is 0.303 e. The molecule has 0 bridgehead atoms. The second-order valence-corrected chi connectivity index (χ2v) is 2.28. The van der Waals surface area contributed by atoms with Crippen LogP contribution < -0.4 is 0 Å². The second kappa shape index (κ2) is 6.33. The maximum atomic E-state index is 10.1. The first-order valence-corrected chi connectivity index (χ1v) is 3.61. The van der Waals surface area contributed by atoms with Crippen molar-refractivity contribution in [3.63, 3.8) is 0 Å². The molecule has 0 fully saturated rings. The van der Waals surface area contributed by atoms with Crippen LogP contribution in [0.4, 0.5) is 0 Å². The Labute approximate surface area is 70.6 Å². The zero-order valence-corrected chi connectivity index (χ0v) is 6.77. The molecular weight excluding hydrogens is 160 g/mol. The van der Waals surface area contributed by atoms with Crippen molar-refractivity contribution < 1.29 is 9.90 Å². The highest BCUT2D eigenvalue weighted by molar-refractivity contribution is 5.66. The highest BCUT2D eigenvalue weighted by Gasteiger charge is 2.01. The van der Waals surface area contributed by atoms with Gasteiger partial charge >= 0.3 is 5.97 Å². The van der Waals surface area contributed by atoms with Crippen molar-refractivity contribution in [1.82, 2.24) is 5.01 Å². The average molecular weight is 172 g/mol. The molecule has 0 aliphatic rings. The highest BCUT2D eigenvalue weighted by atomic mass is 16.4. The lowest BCUT2D eigenvalue weighted by atomic mass is 10.3. The predicted octanol–water partition coefficient (Wildman–Crippen LogP) is 1.02. The molecule has 0 aliphatic heterocycles. The zero-order valence-electron chi connectivity index (χ0n) is 6.77. The Morgan fingerprint density at radius 2 is 2.33 bits per heavy atom. The Hall–Kier alpha value is -1.39. The zero-order chi connectivity index (χ0) is 9.40. The van der Waals surface area contributed by atoms with E-state index in [1.54, 1.807) is 6.08 Å². The van der Waals surface area contributed by atoms with Gasteiger partial charge in [0.1, 0.15) is 0 Å². The predicted molar refractivity (Wildman–Crippen MR) is 44.4 cm³/mol. The topological polar surface area (TPSA) is 70.0 Å². The number of nitroso groups, excluding NO2 is 1.